The molecular formula is C16H20FN3O. The molecule has 2 atom stereocenters. The van der Waals surface area contributed by atoms with Crippen LogP contribution in [-0.2, 0) is 0 Å². The molecule has 0 saturated carbocycles. The first kappa shape index (κ1) is 13.2. The van der Waals surface area contributed by atoms with Crippen LogP contribution in [0.15, 0.2) is 28.7 Å². The first-order chi connectivity index (χ1) is 10.2. The molecule has 4 nitrogen and oxygen atoms in total. The molecule has 1 aromatic carbocycles. The summed E-state index contributed by atoms with van der Waals surface area (Å²) in [5, 5.41) is 4.23. The second kappa shape index (κ2) is 5.09. The number of furan rings is 1. The summed E-state index contributed by atoms with van der Waals surface area (Å²) in [6, 6.07) is 7.22. The molecular weight excluding hydrogens is 269 g/mol. The fraction of sp³-hybridized carbons (Fsp3) is 0.500. The molecule has 4 heterocycles. The average Bonchev–Trinajstić information content (AvgIpc) is 2.92. The van der Waals surface area contributed by atoms with Crippen LogP contribution >= 0.6 is 0 Å². The Morgan fingerprint density at radius 1 is 1.24 bits per heavy atom. The van der Waals surface area contributed by atoms with Crippen LogP contribution in [0.2, 0.25) is 0 Å². The van der Waals surface area contributed by atoms with E-state index >= 15 is 0 Å². The molecule has 2 aromatic rings. The predicted molar refractivity (Wildman–Crippen MR) is 79.8 cm³/mol. The average molecular weight is 289 g/mol. The Bertz CT molecular complexity index is 648. The predicted octanol–water partition coefficient (Wildman–Crippen LogP) is 1.83. The molecule has 0 amide bonds. The summed E-state index contributed by atoms with van der Waals surface area (Å²) >= 11 is 0. The maximum atomic E-state index is 13.3. The molecule has 0 aliphatic carbocycles. The van der Waals surface area contributed by atoms with E-state index in [1.54, 1.807) is 6.07 Å². The molecule has 3 aliphatic rings. The molecule has 2 bridgehead atoms. The largest absolute Gasteiger partial charge is 0.459 e. The molecule has 21 heavy (non-hydrogen) atoms. The third-order valence-electron chi connectivity index (χ3n) is 4.82. The molecule has 5 rings (SSSR count). The van der Waals surface area contributed by atoms with Gasteiger partial charge in [-0.15, -0.1) is 0 Å². The number of likely N-dealkylation sites (N-methyl/N-ethyl adjacent to an activating group) is 1. The van der Waals surface area contributed by atoms with E-state index in [4.69, 9.17) is 4.42 Å². The van der Waals surface area contributed by atoms with Crippen molar-refractivity contribution in [1.82, 2.24) is 15.1 Å². The third-order valence-corrected chi connectivity index (χ3v) is 4.82. The smallest absolute Gasteiger partial charge is 0.134 e. The van der Waals surface area contributed by atoms with Crippen LogP contribution in [0.25, 0.3) is 11.0 Å². The number of hydrogen-bond donors (Lipinski definition) is 1. The van der Waals surface area contributed by atoms with Crippen molar-refractivity contribution in [3.63, 3.8) is 0 Å². The Hall–Kier alpha value is -1.43. The van der Waals surface area contributed by atoms with Crippen LogP contribution in [0.5, 0.6) is 0 Å². The van der Waals surface area contributed by atoms with Crippen LogP contribution < -0.4 is 5.32 Å². The van der Waals surface area contributed by atoms with Gasteiger partial charge in [-0.2, -0.15) is 0 Å². The Morgan fingerprint density at radius 2 is 2.05 bits per heavy atom. The summed E-state index contributed by atoms with van der Waals surface area (Å²) in [5.41, 5.74) is 0.753. The number of fused-ring (bicyclic) bond motifs is 4. The van der Waals surface area contributed by atoms with Crippen molar-refractivity contribution in [2.45, 2.75) is 12.1 Å². The summed E-state index contributed by atoms with van der Waals surface area (Å²) in [4.78, 5) is 5.05. The molecule has 3 fully saturated rings. The minimum absolute atomic E-state index is 0.142. The zero-order chi connectivity index (χ0) is 14.4. The lowest BCUT2D eigenvalue weighted by molar-refractivity contribution is -0.00544. The maximum Gasteiger partial charge on any atom is 0.134 e. The fourth-order valence-electron chi connectivity index (χ4n) is 3.69. The summed E-state index contributed by atoms with van der Waals surface area (Å²) in [5.74, 6) is 0.680. The van der Waals surface area contributed by atoms with E-state index in [1.807, 2.05) is 13.1 Å². The van der Waals surface area contributed by atoms with E-state index in [-0.39, 0.29) is 11.9 Å². The number of hydrogen-bond acceptors (Lipinski definition) is 4. The van der Waals surface area contributed by atoms with Gasteiger partial charge in [-0.05, 0) is 31.3 Å². The van der Waals surface area contributed by atoms with Gasteiger partial charge >= 0.3 is 0 Å². The summed E-state index contributed by atoms with van der Waals surface area (Å²) in [7, 11) is 1.97. The van der Waals surface area contributed by atoms with Crippen LogP contribution in [0.3, 0.4) is 0 Å². The van der Waals surface area contributed by atoms with Crippen molar-refractivity contribution in [2.24, 2.45) is 0 Å². The highest BCUT2D eigenvalue weighted by Crippen LogP contribution is 2.31. The minimum atomic E-state index is -0.220. The van der Waals surface area contributed by atoms with Crippen molar-refractivity contribution in [2.75, 3.05) is 39.8 Å². The van der Waals surface area contributed by atoms with Gasteiger partial charge in [-0.3, -0.25) is 9.80 Å². The van der Waals surface area contributed by atoms with Crippen LogP contribution in [0.4, 0.5) is 4.39 Å². The highest BCUT2D eigenvalue weighted by atomic mass is 19.1. The van der Waals surface area contributed by atoms with E-state index in [9.17, 15) is 4.39 Å². The monoisotopic (exact) mass is 289 g/mol. The van der Waals surface area contributed by atoms with E-state index in [1.165, 1.54) is 12.1 Å². The molecule has 2 unspecified atom stereocenters. The lowest BCUT2D eigenvalue weighted by atomic mass is 9.98. The minimum Gasteiger partial charge on any atom is -0.459 e. The molecule has 5 heteroatoms. The number of halogens is 1. The van der Waals surface area contributed by atoms with E-state index in [0.717, 1.165) is 49.5 Å². The Labute approximate surface area is 123 Å². The normalized spacial score (nSPS) is 29.9. The molecule has 1 aromatic heterocycles. The van der Waals surface area contributed by atoms with Crippen LogP contribution in [-0.4, -0.2) is 55.6 Å². The fourth-order valence-corrected chi connectivity index (χ4v) is 3.69. The molecule has 0 spiro atoms. The molecule has 1 N–H and O–H groups in total. The van der Waals surface area contributed by atoms with E-state index in [2.05, 4.69) is 15.1 Å². The van der Waals surface area contributed by atoms with Gasteiger partial charge in [0.15, 0.2) is 0 Å². The van der Waals surface area contributed by atoms with Crippen LogP contribution in [0, 0.1) is 5.82 Å². The highest BCUT2D eigenvalue weighted by molar-refractivity contribution is 5.78. The van der Waals surface area contributed by atoms with E-state index in [0.29, 0.717) is 6.04 Å². The topological polar surface area (TPSA) is 31.7 Å². The van der Waals surface area contributed by atoms with Crippen molar-refractivity contribution in [3.8, 4) is 0 Å². The van der Waals surface area contributed by atoms with Crippen molar-refractivity contribution >= 4 is 11.0 Å². The van der Waals surface area contributed by atoms with Gasteiger partial charge < -0.3 is 9.73 Å². The summed E-state index contributed by atoms with van der Waals surface area (Å²) in [6.45, 7) is 5.64. The molecule has 0 radical (unpaired) electrons. The zero-order valence-electron chi connectivity index (χ0n) is 12.2. The van der Waals surface area contributed by atoms with Crippen LogP contribution in [0.1, 0.15) is 11.8 Å². The maximum absolute atomic E-state index is 13.3. The van der Waals surface area contributed by atoms with E-state index < -0.39 is 0 Å². The van der Waals surface area contributed by atoms with Crippen molar-refractivity contribution < 1.29 is 8.81 Å². The lowest BCUT2D eigenvalue weighted by Gasteiger charge is -2.49. The number of nitrogens with one attached hydrogen (secondary N) is 1. The zero-order valence-corrected chi connectivity index (χ0v) is 12.2. The standard InChI is InChI=1S/C16H20FN3O/c1-18-16(13-10-19-4-6-20(13)7-5-19)15-9-11-8-12(17)2-3-14(11)21-15/h2-3,8-9,13,16,18H,4-7,10H2,1H3. The summed E-state index contributed by atoms with van der Waals surface area (Å²) < 4.78 is 19.3. The number of nitrogens with zero attached hydrogens (tertiary/aromatic N) is 2. The number of benzene rings is 1. The second-order valence-electron chi connectivity index (χ2n) is 6.00. The van der Waals surface area contributed by atoms with Gasteiger partial charge in [0, 0.05) is 44.2 Å². The second-order valence-corrected chi connectivity index (χ2v) is 6.00. The van der Waals surface area contributed by atoms with Crippen molar-refractivity contribution in [1.29, 1.82) is 0 Å². The van der Waals surface area contributed by atoms with Gasteiger partial charge in [0.25, 0.3) is 0 Å². The van der Waals surface area contributed by atoms with Gasteiger partial charge in [0.2, 0.25) is 0 Å². The quantitative estimate of drug-likeness (QED) is 0.934. The lowest BCUT2D eigenvalue weighted by Crippen LogP contribution is -2.63. The Morgan fingerprint density at radius 3 is 2.71 bits per heavy atom. The first-order valence-electron chi connectivity index (χ1n) is 7.57. The number of rotatable bonds is 3. The first-order valence-corrected chi connectivity index (χ1v) is 7.57. The van der Waals surface area contributed by atoms with Gasteiger partial charge in [0.1, 0.15) is 17.2 Å². The Kier molecular flexibility index (Phi) is 3.21. The molecule has 3 aliphatic heterocycles. The number of piperazine rings is 3. The molecule has 3 saturated heterocycles. The molecule has 112 valence electrons. The summed E-state index contributed by atoms with van der Waals surface area (Å²) in [6.07, 6.45) is 0. The van der Waals surface area contributed by atoms with Gasteiger partial charge in [-0.25, -0.2) is 4.39 Å². The third kappa shape index (κ3) is 2.25. The highest BCUT2D eigenvalue weighted by Gasteiger charge is 2.38. The van der Waals surface area contributed by atoms with Gasteiger partial charge in [-0.1, -0.05) is 0 Å². The SMILES string of the molecule is CNC(c1cc2cc(F)ccc2o1)C1CN2CCN1CC2. The van der Waals surface area contributed by atoms with Gasteiger partial charge in [0.05, 0.1) is 6.04 Å². The van der Waals surface area contributed by atoms with Crippen molar-refractivity contribution in [3.05, 3.63) is 35.8 Å². The Balaban J connectivity index is 1.67.